The zero-order valence-corrected chi connectivity index (χ0v) is 12.5. The highest BCUT2D eigenvalue weighted by molar-refractivity contribution is 5.40. The van der Waals surface area contributed by atoms with Crippen LogP contribution in [-0.2, 0) is 11.3 Å². The molecule has 4 nitrogen and oxygen atoms in total. The minimum Gasteiger partial charge on any atom is -0.497 e. The normalized spacial score (nSPS) is 14.3. The monoisotopic (exact) mass is 279 g/mol. The van der Waals surface area contributed by atoms with E-state index in [1.807, 2.05) is 12.1 Å². The number of methoxy groups -OCH3 is 2. The van der Waals surface area contributed by atoms with E-state index in [-0.39, 0.29) is 0 Å². The van der Waals surface area contributed by atoms with Gasteiger partial charge in [0.25, 0.3) is 0 Å². The molecule has 112 valence electrons. The molecule has 1 saturated carbocycles. The summed E-state index contributed by atoms with van der Waals surface area (Å²) in [6, 6.07) is 6.74. The lowest BCUT2D eigenvalue weighted by atomic mass is 10.2. The van der Waals surface area contributed by atoms with Crippen LogP contribution in [0.5, 0.6) is 11.5 Å². The molecule has 0 aliphatic heterocycles. The van der Waals surface area contributed by atoms with Crippen molar-refractivity contribution < 1.29 is 14.2 Å². The van der Waals surface area contributed by atoms with E-state index in [4.69, 9.17) is 14.2 Å². The van der Waals surface area contributed by atoms with Crippen LogP contribution < -0.4 is 14.8 Å². The predicted octanol–water partition coefficient (Wildman–Crippen LogP) is 2.75. The van der Waals surface area contributed by atoms with E-state index in [0.29, 0.717) is 12.6 Å². The molecule has 1 aromatic rings. The summed E-state index contributed by atoms with van der Waals surface area (Å²) in [5.41, 5.74) is 1.20. The Balaban J connectivity index is 1.87. The number of rotatable bonds is 10. The molecule has 0 atom stereocenters. The highest BCUT2D eigenvalue weighted by Crippen LogP contribution is 2.26. The maximum Gasteiger partial charge on any atom is 0.127 e. The van der Waals surface area contributed by atoms with Gasteiger partial charge in [0.2, 0.25) is 0 Å². The third-order valence-electron chi connectivity index (χ3n) is 3.43. The van der Waals surface area contributed by atoms with E-state index >= 15 is 0 Å². The van der Waals surface area contributed by atoms with Gasteiger partial charge in [0.15, 0.2) is 0 Å². The van der Waals surface area contributed by atoms with Crippen LogP contribution in [0.2, 0.25) is 0 Å². The summed E-state index contributed by atoms with van der Waals surface area (Å²) in [6.45, 7) is 2.37. The second kappa shape index (κ2) is 8.12. The SMILES string of the molecule is COCCCCOc1cc(OC)ccc1CNC1CC1. The summed E-state index contributed by atoms with van der Waals surface area (Å²) < 4.78 is 16.2. The lowest BCUT2D eigenvalue weighted by Gasteiger charge is -2.13. The van der Waals surface area contributed by atoms with Crippen molar-refractivity contribution in [3.05, 3.63) is 23.8 Å². The first-order chi connectivity index (χ1) is 9.83. The minimum atomic E-state index is 0.701. The molecule has 20 heavy (non-hydrogen) atoms. The fourth-order valence-corrected chi connectivity index (χ4v) is 2.01. The van der Waals surface area contributed by atoms with Gasteiger partial charge in [0.05, 0.1) is 13.7 Å². The van der Waals surface area contributed by atoms with Crippen LogP contribution in [0.1, 0.15) is 31.2 Å². The molecular formula is C16H25NO3. The first-order valence-electron chi connectivity index (χ1n) is 7.35. The Bertz CT molecular complexity index is 405. The Kier molecular flexibility index (Phi) is 6.15. The van der Waals surface area contributed by atoms with Gasteiger partial charge in [-0.1, -0.05) is 6.07 Å². The van der Waals surface area contributed by atoms with Crippen LogP contribution in [-0.4, -0.2) is 33.5 Å². The van der Waals surface area contributed by atoms with Crippen LogP contribution in [0.3, 0.4) is 0 Å². The van der Waals surface area contributed by atoms with Gasteiger partial charge in [-0.25, -0.2) is 0 Å². The quantitative estimate of drug-likeness (QED) is 0.669. The van der Waals surface area contributed by atoms with Crippen molar-refractivity contribution in [1.29, 1.82) is 0 Å². The summed E-state index contributed by atoms with van der Waals surface area (Å²) in [5.74, 6) is 1.77. The molecular weight excluding hydrogens is 254 g/mol. The predicted molar refractivity (Wildman–Crippen MR) is 79.5 cm³/mol. The first kappa shape index (κ1) is 15.1. The van der Waals surface area contributed by atoms with Crippen molar-refractivity contribution >= 4 is 0 Å². The molecule has 1 aromatic carbocycles. The van der Waals surface area contributed by atoms with E-state index in [1.54, 1.807) is 14.2 Å². The highest BCUT2D eigenvalue weighted by atomic mass is 16.5. The smallest absolute Gasteiger partial charge is 0.127 e. The van der Waals surface area contributed by atoms with Gasteiger partial charge >= 0.3 is 0 Å². The maximum atomic E-state index is 5.90. The zero-order chi connectivity index (χ0) is 14.2. The van der Waals surface area contributed by atoms with Gasteiger partial charge < -0.3 is 19.5 Å². The molecule has 1 aliphatic carbocycles. The van der Waals surface area contributed by atoms with Gasteiger partial charge in [0, 0.05) is 37.9 Å². The van der Waals surface area contributed by atoms with Crippen LogP contribution in [0.15, 0.2) is 18.2 Å². The Morgan fingerprint density at radius 2 is 1.95 bits per heavy atom. The average molecular weight is 279 g/mol. The fraction of sp³-hybridized carbons (Fsp3) is 0.625. The summed E-state index contributed by atoms with van der Waals surface area (Å²) >= 11 is 0. The van der Waals surface area contributed by atoms with Crippen molar-refractivity contribution in [1.82, 2.24) is 5.32 Å². The summed E-state index contributed by atoms with van der Waals surface area (Å²) in [4.78, 5) is 0. The maximum absolute atomic E-state index is 5.90. The second-order valence-corrected chi connectivity index (χ2v) is 5.18. The number of ether oxygens (including phenoxy) is 3. The molecule has 2 rings (SSSR count). The van der Waals surface area contributed by atoms with Crippen molar-refractivity contribution in [2.75, 3.05) is 27.4 Å². The van der Waals surface area contributed by atoms with Gasteiger partial charge in [-0.2, -0.15) is 0 Å². The number of nitrogens with one attached hydrogen (secondary N) is 1. The van der Waals surface area contributed by atoms with Crippen LogP contribution >= 0.6 is 0 Å². The lowest BCUT2D eigenvalue weighted by Crippen LogP contribution is -2.16. The molecule has 1 N–H and O–H groups in total. The molecule has 0 bridgehead atoms. The molecule has 0 unspecified atom stereocenters. The van der Waals surface area contributed by atoms with E-state index in [1.165, 1.54) is 18.4 Å². The number of hydrogen-bond donors (Lipinski definition) is 1. The Morgan fingerprint density at radius 1 is 1.15 bits per heavy atom. The van der Waals surface area contributed by atoms with E-state index in [2.05, 4.69) is 11.4 Å². The highest BCUT2D eigenvalue weighted by Gasteiger charge is 2.20. The first-order valence-corrected chi connectivity index (χ1v) is 7.35. The average Bonchev–Trinajstić information content (AvgIpc) is 3.29. The Labute approximate surface area is 121 Å². The van der Waals surface area contributed by atoms with Gasteiger partial charge in [0.1, 0.15) is 11.5 Å². The molecule has 0 radical (unpaired) electrons. The van der Waals surface area contributed by atoms with Crippen LogP contribution in [0.4, 0.5) is 0 Å². The molecule has 1 aliphatic rings. The topological polar surface area (TPSA) is 39.7 Å². The Hall–Kier alpha value is -1.26. The van der Waals surface area contributed by atoms with Crippen molar-refractivity contribution in [3.8, 4) is 11.5 Å². The van der Waals surface area contributed by atoms with Gasteiger partial charge in [-0.05, 0) is 31.7 Å². The number of benzene rings is 1. The lowest BCUT2D eigenvalue weighted by molar-refractivity contribution is 0.184. The summed E-state index contributed by atoms with van der Waals surface area (Å²) in [6.07, 6.45) is 4.61. The zero-order valence-electron chi connectivity index (χ0n) is 12.5. The molecule has 0 aromatic heterocycles. The molecule has 0 saturated heterocycles. The van der Waals surface area contributed by atoms with E-state index in [9.17, 15) is 0 Å². The molecule has 0 spiro atoms. The third kappa shape index (κ3) is 5.02. The fourth-order valence-electron chi connectivity index (χ4n) is 2.01. The van der Waals surface area contributed by atoms with Gasteiger partial charge in [-0.15, -0.1) is 0 Å². The molecule has 0 heterocycles. The summed E-state index contributed by atoms with van der Waals surface area (Å²) in [7, 11) is 3.41. The van der Waals surface area contributed by atoms with E-state index < -0.39 is 0 Å². The van der Waals surface area contributed by atoms with Gasteiger partial charge in [-0.3, -0.25) is 0 Å². The van der Waals surface area contributed by atoms with Crippen molar-refractivity contribution in [2.45, 2.75) is 38.3 Å². The second-order valence-electron chi connectivity index (χ2n) is 5.18. The molecule has 4 heteroatoms. The standard InChI is InChI=1S/C16H25NO3/c1-18-9-3-4-10-20-16-11-15(19-2)8-5-13(16)12-17-14-6-7-14/h5,8,11,14,17H,3-4,6-7,9-10,12H2,1-2H3. The van der Waals surface area contributed by atoms with Crippen LogP contribution in [0.25, 0.3) is 0 Å². The number of hydrogen-bond acceptors (Lipinski definition) is 4. The third-order valence-corrected chi connectivity index (χ3v) is 3.43. The van der Waals surface area contributed by atoms with E-state index in [0.717, 1.165) is 37.5 Å². The molecule has 1 fully saturated rings. The molecule has 0 amide bonds. The minimum absolute atomic E-state index is 0.701. The number of unbranched alkanes of at least 4 members (excludes halogenated alkanes) is 1. The Morgan fingerprint density at radius 3 is 2.65 bits per heavy atom. The van der Waals surface area contributed by atoms with Crippen molar-refractivity contribution in [2.24, 2.45) is 0 Å². The summed E-state index contributed by atoms with van der Waals surface area (Å²) in [5, 5.41) is 3.52. The largest absolute Gasteiger partial charge is 0.497 e. The van der Waals surface area contributed by atoms with Crippen LogP contribution in [0, 0.1) is 0 Å². The van der Waals surface area contributed by atoms with Crippen molar-refractivity contribution in [3.63, 3.8) is 0 Å².